The number of carbonyl (C=O) groups excluding carboxylic acids is 2. The number of rotatable bonds is 5. The highest BCUT2D eigenvalue weighted by molar-refractivity contribution is 5.97. The molecule has 1 aliphatic rings. The molecule has 134 valence electrons. The van der Waals surface area contributed by atoms with Gasteiger partial charge in [-0.3, -0.25) is 9.59 Å². The summed E-state index contributed by atoms with van der Waals surface area (Å²) in [5.74, 6) is -0.417. The summed E-state index contributed by atoms with van der Waals surface area (Å²) in [5.41, 5.74) is 0.450. The maximum Gasteiger partial charge on any atom is 0.253 e. The number of nitrogens with zero attached hydrogens (tertiary/aromatic N) is 1. The molecule has 0 bridgehead atoms. The number of likely N-dealkylation sites (tertiary alicyclic amines) is 1. The van der Waals surface area contributed by atoms with Crippen LogP contribution in [0.25, 0.3) is 0 Å². The van der Waals surface area contributed by atoms with Gasteiger partial charge < -0.3 is 15.5 Å². The van der Waals surface area contributed by atoms with E-state index in [1.54, 1.807) is 4.90 Å². The van der Waals surface area contributed by atoms with Crippen molar-refractivity contribution in [2.45, 2.75) is 26.7 Å². The zero-order chi connectivity index (χ0) is 16.8. The second-order valence-electron chi connectivity index (χ2n) is 5.92. The summed E-state index contributed by atoms with van der Waals surface area (Å²) in [6.45, 7) is 6.76. The minimum Gasteiger partial charge on any atom is -0.339 e. The third kappa shape index (κ3) is 5.46. The Hall–Kier alpha value is -1.66. The van der Waals surface area contributed by atoms with Crippen LogP contribution >= 0.6 is 12.4 Å². The molecule has 0 aromatic heterocycles. The van der Waals surface area contributed by atoms with Crippen molar-refractivity contribution in [3.8, 4) is 0 Å². The van der Waals surface area contributed by atoms with Crippen LogP contribution in [0.1, 0.15) is 37.0 Å². The van der Waals surface area contributed by atoms with Crippen LogP contribution in [0.3, 0.4) is 0 Å². The van der Waals surface area contributed by atoms with Crippen molar-refractivity contribution in [3.63, 3.8) is 0 Å². The first-order chi connectivity index (χ1) is 11.0. The predicted molar refractivity (Wildman–Crippen MR) is 95.1 cm³/mol. The van der Waals surface area contributed by atoms with Gasteiger partial charge in [0.25, 0.3) is 5.91 Å². The Kier molecular flexibility index (Phi) is 8.15. The lowest BCUT2D eigenvalue weighted by atomic mass is 9.96. The van der Waals surface area contributed by atoms with E-state index in [-0.39, 0.29) is 29.9 Å². The van der Waals surface area contributed by atoms with Gasteiger partial charge in [0.15, 0.2) is 0 Å². The van der Waals surface area contributed by atoms with Gasteiger partial charge in [-0.1, -0.05) is 6.92 Å². The Morgan fingerprint density at radius 1 is 1.29 bits per heavy atom. The van der Waals surface area contributed by atoms with Gasteiger partial charge in [-0.25, -0.2) is 4.39 Å². The Bertz CT molecular complexity index is 575. The van der Waals surface area contributed by atoms with Crippen LogP contribution in [0, 0.1) is 11.7 Å². The molecule has 2 amide bonds. The summed E-state index contributed by atoms with van der Waals surface area (Å²) >= 11 is 0. The van der Waals surface area contributed by atoms with Crippen molar-refractivity contribution < 1.29 is 14.0 Å². The number of carbonyl (C=O) groups is 2. The molecule has 7 heteroatoms. The van der Waals surface area contributed by atoms with Gasteiger partial charge in [0.05, 0.1) is 5.69 Å². The SMILES string of the molecule is CCNCC1CCN(C(=O)c2ccc(F)c(NC(C)=O)c2)CC1.Cl. The molecule has 1 saturated heterocycles. The smallest absolute Gasteiger partial charge is 0.253 e. The fraction of sp³-hybridized carbons (Fsp3) is 0.529. The van der Waals surface area contributed by atoms with Crippen molar-refractivity contribution in [1.29, 1.82) is 0 Å². The zero-order valence-electron chi connectivity index (χ0n) is 14.1. The Morgan fingerprint density at radius 2 is 1.96 bits per heavy atom. The van der Waals surface area contributed by atoms with Gasteiger partial charge >= 0.3 is 0 Å². The second-order valence-corrected chi connectivity index (χ2v) is 5.92. The standard InChI is InChI=1S/C17H24FN3O2.ClH/c1-3-19-11-13-6-8-21(9-7-13)17(23)14-4-5-15(18)16(10-14)20-12(2)22;/h4-5,10,13,19H,3,6-9,11H2,1-2H3,(H,20,22);1H. The van der Waals surface area contributed by atoms with E-state index in [9.17, 15) is 14.0 Å². The van der Waals surface area contributed by atoms with Gasteiger partial charge in [-0.05, 0) is 50.0 Å². The molecule has 0 saturated carbocycles. The molecule has 1 fully saturated rings. The Morgan fingerprint density at radius 3 is 2.54 bits per heavy atom. The molecule has 0 atom stereocenters. The van der Waals surface area contributed by atoms with Crippen molar-refractivity contribution >= 4 is 29.9 Å². The first-order valence-corrected chi connectivity index (χ1v) is 8.08. The number of piperidine rings is 1. The van der Waals surface area contributed by atoms with Crippen molar-refractivity contribution in [1.82, 2.24) is 10.2 Å². The number of benzene rings is 1. The van der Waals surface area contributed by atoms with E-state index in [0.29, 0.717) is 24.6 Å². The number of nitrogens with one attached hydrogen (secondary N) is 2. The molecular formula is C17H25ClFN3O2. The minimum absolute atomic E-state index is 0. The van der Waals surface area contributed by atoms with Gasteiger partial charge in [-0.15, -0.1) is 12.4 Å². The minimum atomic E-state index is -0.541. The quantitative estimate of drug-likeness (QED) is 0.851. The molecule has 1 aromatic rings. The number of hydrogen-bond donors (Lipinski definition) is 2. The summed E-state index contributed by atoms with van der Waals surface area (Å²) in [4.78, 5) is 25.4. The summed E-state index contributed by atoms with van der Waals surface area (Å²) in [6.07, 6.45) is 1.94. The summed E-state index contributed by atoms with van der Waals surface area (Å²) in [7, 11) is 0. The largest absolute Gasteiger partial charge is 0.339 e. The number of amides is 2. The molecule has 5 nitrogen and oxygen atoms in total. The van der Waals surface area contributed by atoms with Crippen molar-refractivity contribution in [2.75, 3.05) is 31.5 Å². The molecule has 0 unspecified atom stereocenters. The maximum atomic E-state index is 13.7. The summed E-state index contributed by atoms with van der Waals surface area (Å²) in [6, 6.07) is 4.09. The van der Waals surface area contributed by atoms with Gasteiger partial charge in [0.2, 0.25) is 5.91 Å². The van der Waals surface area contributed by atoms with E-state index in [0.717, 1.165) is 25.9 Å². The highest BCUT2D eigenvalue weighted by Gasteiger charge is 2.24. The van der Waals surface area contributed by atoms with Gasteiger partial charge in [0.1, 0.15) is 5.82 Å². The average Bonchev–Trinajstić information content (AvgIpc) is 2.54. The van der Waals surface area contributed by atoms with Crippen molar-refractivity contribution in [3.05, 3.63) is 29.6 Å². The summed E-state index contributed by atoms with van der Waals surface area (Å²) < 4.78 is 13.7. The van der Waals surface area contributed by atoms with Gasteiger partial charge in [-0.2, -0.15) is 0 Å². The first-order valence-electron chi connectivity index (χ1n) is 8.08. The van der Waals surface area contributed by atoms with E-state index in [1.807, 2.05) is 0 Å². The lowest BCUT2D eigenvalue weighted by Crippen LogP contribution is -2.40. The number of anilines is 1. The molecule has 0 spiro atoms. The second kappa shape index (κ2) is 9.59. The summed E-state index contributed by atoms with van der Waals surface area (Å²) in [5, 5.41) is 5.75. The first kappa shape index (κ1) is 20.4. The normalized spacial score (nSPS) is 14.9. The zero-order valence-corrected chi connectivity index (χ0v) is 14.9. The average molecular weight is 358 g/mol. The molecular weight excluding hydrogens is 333 g/mol. The lowest BCUT2D eigenvalue weighted by Gasteiger charge is -2.32. The maximum absolute atomic E-state index is 13.7. The Labute approximate surface area is 148 Å². The van der Waals surface area contributed by atoms with E-state index < -0.39 is 5.82 Å². The Balaban J connectivity index is 0.00000288. The van der Waals surface area contributed by atoms with E-state index >= 15 is 0 Å². The fourth-order valence-electron chi connectivity index (χ4n) is 2.81. The number of hydrogen-bond acceptors (Lipinski definition) is 3. The van der Waals surface area contributed by atoms with Crippen LogP contribution in [-0.4, -0.2) is 42.9 Å². The number of halogens is 2. The van der Waals surface area contributed by atoms with Crippen LogP contribution < -0.4 is 10.6 Å². The third-order valence-electron chi connectivity index (χ3n) is 4.11. The highest BCUT2D eigenvalue weighted by atomic mass is 35.5. The van der Waals surface area contributed by atoms with E-state index in [4.69, 9.17) is 0 Å². The monoisotopic (exact) mass is 357 g/mol. The third-order valence-corrected chi connectivity index (χ3v) is 4.11. The predicted octanol–water partition coefficient (Wildman–Crippen LogP) is 2.67. The molecule has 1 aliphatic heterocycles. The highest BCUT2D eigenvalue weighted by Crippen LogP contribution is 2.21. The van der Waals surface area contributed by atoms with Crippen molar-refractivity contribution in [2.24, 2.45) is 5.92 Å². The van der Waals surface area contributed by atoms with Gasteiger partial charge in [0, 0.05) is 25.6 Å². The molecule has 1 aromatic carbocycles. The molecule has 2 rings (SSSR count). The van der Waals surface area contributed by atoms with Crippen LogP contribution in [0.2, 0.25) is 0 Å². The van der Waals surface area contributed by atoms with Crippen LogP contribution in [0.4, 0.5) is 10.1 Å². The van der Waals surface area contributed by atoms with Crippen LogP contribution in [0.15, 0.2) is 18.2 Å². The molecule has 0 aliphatic carbocycles. The van der Waals surface area contributed by atoms with E-state index in [1.165, 1.54) is 25.1 Å². The lowest BCUT2D eigenvalue weighted by molar-refractivity contribution is -0.114. The molecule has 0 radical (unpaired) electrons. The van der Waals surface area contributed by atoms with Crippen LogP contribution in [0.5, 0.6) is 0 Å². The van der Waals surface area contributed by atoms with Crippen LogP contribution in [-0.2, 0) is 4.79 Å². The fourth-order valence-corrected chi connectivity index (χ4v) is 2.81. The molecule has 1 heterocycles. The van der Waals surface area contributed by atoms with E-state index in [2.05, 4.69) is 17.6 Å². The molecule has 2 N–H and O–H groups in total. The topological polar surface area (TPSA) is 61.4 Å². The molecule has 24 heavy (non-hydrogen) atoms.